The van der Waals surface area contributed by atoms with Gasteiger partial charge in [-0.15, -0.1) is 0 Å². The smallest absolute Gasteiger partial charge is 0.508 e. The van der Waals surface area contributed by atoms with Crippen molar-refractivity contribution in [2.75, 3.05) is 0 Å². The van der Waals surface area contributed by atoms with Crippen LogP contribution in [0, 0.1) is 0 Å². The maximum Gasteiger partial charge on any atom is 2.00 e. The van der Waals surface area contributed by atoms with Crippen LogP contribution in [-0.2, 0) is 23.5 Å². The van der Waals surface area contributed by atoms with E-state index in [1.165, 1.54) is 5.56 Å². The van der Waals surface area contributed by atoms with E-state index in [4.69, 9.17) is 0 Å². The molecule has 0 radical (unpaired) electrons. The summed E-state index contributed by atoms with van der Waals surface area (Å²) in [6.07, 6.45) is 0.805. The van der Waals surface area contributed by atoms with Gasteiger partial charge in [-0.05, 0) is 18.1 Å². The topological polar surface area (TPSA) is 20.2 Å². The summed E-state index contributed by atoms with van der Waals surface area (Å²) in [4.78, 5) is 0. The second-order valence-corrected chi connectivity index (χ2v) is 4.06. The number of aromatic hydroxyl groups is 1. The van der Waals surface area contributed by atoms with Crippen LogP contribution < -0.4 is 0 Å². The molecule has 2 heteroatoms. The minimum absolute atomic E-state index is 0. The zero-order chi connectivity index (χ0) is 12.6. The number of phenols is 1. The third kappa shape index (κ3) is 5.17. The quantitative estimate of drug-likeness (QED) is 0.557. The fraction of sp³-hybridized carbons (Fsp3) is 0.0588. The first-order valence-electron chi connectivity index (χ1n) is 6.00. The van der Waals surface area contributed by atoms with Crippen molar-refractivity contribution in [1.82, 2.24) is 0 Å². The van der Waals surface area contributed by atoms with E-state index in [9.17, 15) is 5.11 Å². The Morgan fingerprint density at radius 2 is 1.53 bits per heavy atom. The van der Waals surface area contributed by atoms with Crippen molar-refractivity contribution in [2.24, 2.45) is 0 Å². The van der Waals surface area contributed by atoms with Crippen molar-refractivity contribution in [2.45, 2.75) is 6.42 Å². The summed E-state index contributed by atoms with van der Waals surface area (Å²) in [5, 5.41) is 9.51. The van der Waals surface area contributed by atoms with Crippen molar-refractivity contribution in [1.29, 1.82) is 0 Å². The standard InChI is InChI=1S/C12H11O.C5H5.Fe/c13-12-8-4-3-7-11(12)9-10-5-1-2-6-10;1-2-4-5-3-1;/h1-8,13H,9H2;1-5H;/q2*-1;+2. The molecule has 0 spiro atoms. The van der Waals surface area contributed by atoms with E-state index in [0.717, 1.165) is 12.0 Å². The second kappa shape index (κ2) is 8.36. The first-order chi connectivity index (χ1) is 8.86. The number of para-hydroxylation sites is 1. The van der Waals surface area contributed by atoms with E-state index < -0.39 is 0 Å². The summed E-state index contributed by atoms with van der Waals surface area (Å²) < 4.78 is 0. The Kier molecular flexibility index (Phi) is 6.73. The Labute approximate surface area is 124 Å². The van der Waals surface area contributed by atoms with Gasteiger partial charge in [-0.3, -0.25) is 0 Å². The maximum absolute atomic E-state index is 9.51. The van der Waals surface area contributed by atoms with Crippen LogP contribution in [0.1, 0.15) is 11.1 Å². The Balaban J connectivity index is 0.000000256. The Hall–Kier alpha value is -1.76. The summed E-state index contributed by atoms with van der Waals surface area (Å²) in [6, 6.07) is 25.6. The summed E-state index contributed by atoms with van der Waals surface area (Å²) >= 11 is 0. The monoisotopic (exact) mass is 292 g/mol. The Morgan fingerprint density at radius 3 is 2.05 bits per heavy atom. The SMILES string of the molecule is Oc1ccccc1C[c-]1cccc1.[Fe+2].c1cc[cH-]c1. The van der Waals surface area contributed by atoms with E-state index >= 15 is 0 Å². The van der Waals surface area contributed by atoms with Gasteiger partial charge in [-0.1, -0.05) is 18.2 Å². The minimum Gasteiger partial charge on any atom is -0.508 e. The number of hydrogen-bond donors (Lipinski definition) is 1. The third-order valence-electron chi connectivity index (χ3n) is 2.67. The number of hydrogen-bond acceptors (Lipinski definition) is 1. The zero-order valence-electron chi connectivity index (χ0n) is 10.5. The average Bonchev–Trinajstić information content (AvgIpc) is 3.06. The van der Waals surface area contributed by atoms with Crippen LogP contribution in [0.4, 0.5) is 0 Å². The Morgan fingerprint density at radius 1 is 0.895 bits per heavy atom. The molecular formula is C17H16FeO. The fourth-order valence-electron chi connectivity index (χ4n) is 1.73. The molecule has 1 N–H and O–H groups in total. The molecule has 1 nitrogen and oxygen atoms in total. The first-order valence-corrected chi connectivity index (χ1v) is 6.00. The normalized spacial score (nSPS) is 9.05. The van der Waals surface area contributed by atoms with E-state index in [1.54, 1.807) is 6.07 Å². The molecular weight excluding hydrogens is 276 g/mol. The predicted octanol–water partition coefficient (Wildman–Crippen LogP) is 4.10. The molecule has 0 unspecified atom stereocenters. The summed E-state index contributed by atoms with van der Waals surface area (Å²) in [5.74, 6) is 0.378. The van der Waals surface area contributed by atoms with Crippen molar-refractivity contribution in [3.63, 3.8) is 0 Å². The second-order valence-electron chi connectivity index (χ2n) is 4.06. The van der Waals surface area contributed by atoms with E-state index in [-0.39, 0.29) is 17.1 Å². The van der Waals surface area contributed by atoms with Crippen LogP contribution in [0.2, 0.25) is 0 Å². The number of benzene rings is 1. The molecule has 0 saturated heterocycles. The number of rotatable bonds is 2. The molecule has 3 aromatic carbocycles. The molecule has 0 aliphatic carbocycles. The molecule has 0 bridgehead atoms. The summed E-state index contributed by atoms with van der Waals surface area (Å²) in [5.41, 5.74) is 2.22. The molecule has 0 heterocycles. The molecule has 98 valence electrons. The van der Waals surface area contributed by atoms with Gasteiger partial charge in [0.15, 0.2) is 0 Å². The molecule has 0 amide bonds. The van der Waals surface area contributed by atoms with Gasteiger partial charge in [0, 0.05) is 0 Å². The first kappa shape index (κ1) is 15.3. The number of phenolic OH excluding ortho intramolecular Hbond substituents is 1. The molecule has 0 aliphatic rings. The fourth-order valence-corrected chi connectivity index (χ4v) is 1.73. The van der Waals surface area contributed by atoms with Crippen LogP contribution >= 0.6 is 0 Å². The van der Waals surface area contributed by atoms with Gasteiger partial charge in [0.05, 0.1) is 0 Å². The van der Waals surface area contributed by atoms with Gasteiger partial charge in [-0.2, -0.15) is 35.9 Å². The van der Waals surface area contributed by atoms with E-state index in [0.29, 0.717) is 5.75 Å². The van der Waals surface area contributed by atoms with Crippen molar-refractivity contribution >= 4 is 0 Å². The van der Waals surface area contributed by atoms with Gasteiger partial charge in [0.1, 0.15) is 5.75 Å². The Bertz CT molecular complexity index is 521. The van der Waals surface area contributed by atoms with E-state index in [2.05, 4.69) is 12.1 Å². The summed E-state index contributed by atoms with van der Waals surface area (Å²) in [6.45, 7) is 0. The molecule has 0 fully saturated rings. The van der Waals surface area contributed by atoms with Gasteiger partial charge in [0.25, 0.3) is 0 Å². The van der Waals surface area contributed by atoms with Crippen LogP contribution in [0.25, 0.3) is 0 Å². The molecule has 0 aromatic heterocycles. The van der Waals surface area contributed by atoms with Crippen LogP contribution in [-0.4, -0.2) is 5.11 Å². The van der Waals surface area contributed by atoms with Crippen molar-refractivity contribution in [3.05, 3.63) is 90.0 Å². The van der Waals surface area contributed by atoms with Gasteiger partial charge in [-0.25, -0.2) is 24.3 Å². The van der Waals surface area contributed by atoms with Crippen LogP contribution in [0.3, 0.4) is 0 Å². The van der Waals surface area contributed by atoms with Gasteiger partial charge in [0.2, 0.25) is 0 Å². The average molecular weight is 292 g/mol. The van der Waals surface area contributed by atoms with Gasteiger partial charge < -0.3 is 5.11 Å². The molecule has 0 saturated carbocycles. The molecule has 19 heavy (non-hydrogen) atoms. The van der Waals surface area contributed by atoms with E-state index in [1.807, 2.05) is 60.7 Å². The maximum atomic E-state index is 9.51. The van der Waals surface area contributed by atoms with Crippen molar-refractivity contribution < 1.29 is 22.2 Å². The minimum atomic E-state index is 0. The molecule has 0 aliphatic heterocycles. The van der Waals surface area contributed by atoms with Crippen LogP contribution in [0.5, 0.6) is 5.75 Å². The molecule has 3 aromatic rings. The zero-order valence-corrected chi connectivity index (χ0v) is 11.6. The summed E-state index contributed by atoms with van der Waals surface area (Å²) in [7, 11) is 0. The van der Waals surface area contributed by atoms with Crippen LogP contribution in [0.15, 0.2) is 78.9 Å². The molecule has 3 rings (SSSR count). The van der Waals surface area contributed by atoms with Crippen molar-refractivity contribution in [3.8, 4) is 5.75 Å². The largest absolute Gasteiger partial charge is 2.00 e. The third-order valence-corrected chi connectivity index (χ3v) is 2.67. The van der Waals surface area contributed by atoms with Gasteiger partial charge >= 0.3 is 17.1 Å². The molecule has 0 atom stereocenters. The predicted molar refractivity (Wildman–Crippen MR) is 75.0 cm³/mol.